The molecular weight excluding hydrogens is 378 g/mol. The zero-order chi connectivity index (χ0) is 21.6. The fraction of sp³-hybridized carbons (Fsp3) is 0.542. The molecule has 0 unspecified atom stereocenters. The maximum Gasteiger partial charge on any atom is 0.315 e. The second-order valence-electron chi connectivity index (χ2n) is 9.12. The van der Waals surface area contributed by atoms with E-state index in [-0.39, 0.29) is 17.7 Å². The molecule has 0 radical (unpaired) electrons. The van der Waals surface area contributed by atoms with Crippen LogP contribution in [0.5, 0.6) is 0 Å². The van der Waals surface area contributed by atoms with E-state index < -0.39 is 6.10 Å². The van der Waals surface area contributed by atoms with Crippen molar-refractivity contribution in [3.63, 3.8) is 0 Å². The van der Waals surface area contributed by atoms with Crippen LogP contribution in [0.1, 0.15) is 39.2 Å². The highest BCUT2D eigenvalue weighted by molar-refractivity contribution is 5.86. The molecular formula is C24H35N3O3. The number of fused-ring (bicyclic) bond motifs is 1. The van der Waals surface area contributed by atoms with Crippen molar-refractivity contribution in [3.05, 3.63) is 48.0 Å². The minimum atomic E-state index is -0.488. The highest BCUT2D eigenvalue weighted by Crippen LogP contribution is 2.18. The number of likely N-dealkylation sites (tertiary alicyclic amines) is 1. The van der Waals surface area contributed by atoms with E-state index >= 15 is 0 Å². The molecule has 0 bridgehead atoms. The number of carbonyl (C=O) groups is 1. The Morgan fingerprint density at radius 2 is 1.87 bits per heavy atom. The van der Waals surface area contributed by atoms with Gasteiger partial charge in [0.1, 0.15) is 0 Å². The second-order valence-corrected chi connectivity index (χ2v) is 9.12. The molecule has 164 valence electrons. The molecule has 2 aromatic carbocycles. The number of benzene rings is 2. The van der Waals surface area contributed by atoms with Gasteiger partial charge < -0.3 is 25.4 Å². The first kappa shape index (κ1) is 22.5. The Hall–Kier alpha value is -2.15. The highest BCUT2D eigenvalue weighted by Gasteiger charge is 2.23. The van der Waals surface area contributed by atoms with Gasteiger partial charge in [-0.1, -0.05) is 42.5 Å². The molecule has 2 amide bonds. The van der Waals surface area contributed by atoms with Gasteiger partial charge in [-0.25, -0.2) is 4.79 Å². The summed E-state index contributed by atoms with van der Waals surface area (Å²) in [7, 11) is 0. The zero-order valence-corrected chi connectivity index (χ0v) is 18.4. The Kier molecular flexibility index (Phi) is 7.69. The van der Waals surface area contributed by atoms with Crippen LogP contribution in [0.3, 0.4) is 0 Å². The molecule has 1 heterocycles. The second kappa shape index (κ2) is 10.2. The van der Waals surface area contributed by atoms with Crippen LogP contribution in [0.25, 0.3) is 10.8 Å². The van der Waals surface area contributed by atoms with Crippen molar-refractivity contribution in [2.45, 2.75) is 57.9 Å². The number of nitrogens with zero attached hydrogens (tertiary/aromatic N) is 1. The summed E-state index contributed by atoms with van der Waals surface area (Å²) in [4.78, 5) is 14.6. The Balaban J connectivity index is 1.38. The van der Waals surface area contributed by atoms with Gasteiger partial charge in [0.2, 0.25) is 0 Å². The fourth-order valence-corrected chi connectivity index (χ4v) is 3.82. The van der Waals surface area contributed by atoms with Gasteiger partial charge in [-0.15, -0.1) is 0 Å². The van der Waals surface area contributed by atoms with Crippen molar-refractivity contribution in [1.29, 1.82) is 0 Å². The van der Waals surface area contributed by atoms with Crippen LogP contribution in [0, 0.1) is 0 Å². The Morgan fingerprint density at radius 3 is 2.60 bits per heavy atom. The van der Waals surface area contributed by atoms with Crippen molar-refractivity contribution >= 4 is 16.8 Å². The van der Waals surface area contributed by atoms with Crippen LogP contribution in [-0.4, -0.2) is 60.0 Å². The van der Waals surface area contributed by atoms with Crippen LogP contribution in [-0.2, 0) is 11.3 Å². The van der Waals surface area contributed by atoms with Gasteiger partial charge in [-0.3, -0.25) is 0 Å². The molecule has 6 nitrogen and oxygen atoms in total. The maximum absolute atomic E-state index is 12.4. The molecule has 0 aliphatic carbocycles. The predicted octanol–water partition coefficient (Wildman–Crippen LogP) is 3.28. The molecule has 1 saturated heterocycles. The van der Waals surface area contributed by atoms with Crippen molar-refractivity contribution in [2.75, 3.05) is 26.2 Å². The fourth-order valence-electron chi connectivity index (χ4n) is 3.82. The van der Waals surface area contributed by atoms with Crippen molar-refractivity contribution in [3.8, 4) is 0 Å². The average Bonchev–Trinajstić information content (AvgIpc) is 2.72. The molecule has 0 aromatic heterocycles. The average molecular weight is 414 g/mol. The number of aliphatic hydroxyl groups is 1. The Morgan fingerprint density at radius 1 is 1.17 bits per heavy atom. The first-order valence-electron chi connectivity index (χ1n) is 10.9. The molecule has 0 saturated carbocycles. The number of aliphatic hydroxyl groups excluding tert-OH is 1. The molecule has 1 aliphatic rings. The van der Waals surface area contributed by atoms with Gasteiger partial charge in [0.15, 0.2) is 0 Å². The highest BCUT2D eigenvalue weighted by atomic mass is 16.5. The summed E-state index contributed by atoms with van der Waals surface area (Å²) in [6.07, 6.45) is 1.28. The van der Waals surface area contributed by atoms with E-state index in [0.717, 1.165) is 31.5 Å². The summed E-state index contributed by atoms with van der Waals surface area (Å²) in [6.45, 7) is 9.15. The molecule has 1 atom stereocenters. The molecule has 1 fully saturated rings. The number of nitrogens with one attached hydrogen (secondary N) is 2. The van der Waals surface area contributed by atoms with E-state index in [9.17, 15) is 9.90 Å². The van der Waals surface area contributed by atoms with E-state index in [1.165, 1.54) is 10.8 Å². The van der Waals surface area contributed by atoms with Gasteiger partial charge in [0, 0.05) is 32.2 Å². The quantitative estimate of drug-likeness (QED) is 0.651. The minimum Gasteiger partial charge on any atom is -0.389 e. The van der Waals surface area contributed by atoms with Gasteiger partial charge in [0.25, 0.3) is 0 Å². The number of carbonyl (C=O) groups excluding carboxylic acids is 1. The maximum atomic E-state index is 12.4. The third-order valence-electron chi connectivity index (χ3n) is 5.42. The number of hydrogen-bond donors (Lipinski definition) is 3. The van der Waals surface area contributed by atoms with Crippen LogP contribution in [0.15, 0.2) is 42.5 Å². The lowest BCUT2D eigenvalue weighted by atomic mass is 10.0. The molecule has 1 aliphatic heterocycles. The first-order chi connectivity index (χ1) is 14.3. The summed E-state index contributed by atoms with van der Waals surface area (Å²) in [5, 5.41) is 18.6. The lowest BCUT2D eigenvalue weighted by molar-refractivity contribution is -0.0574. The van der Waals surface area contributed by atoms with Crippen LogP contribution in [0.2, 0.25) is 0 Å². The number of hydrogen-bond acceptors (Lipinski definition) is 4. The number of β-amino-alcohol motifs (C(OH)–C–C–N with tert-alkyl or cyclic N) is 1. The largest absolute Gasteiger partial charge is 0.389 e. The number of ether oxygens (including phenoxy) is 1. The SMILES string of the molecule is CC(C)(C)OC[C@@H](O)CN1CCC(NC(=O)NCc2cccc3ccccc23)CC1. The summed E-state index contributed by atoms with van der Waals surface area (Å²) in [5.41, 5.74) is 0.877. The van der Waals surface area contributed by atoms with Crippen molar-refractivity contribution in [2.24, 2.45) is 0 Å². The van der Waals surface area contributed by atoms with Crippen LogP contribution < -0.4 is 10.6 Å². The number of rotatable bonds is 7. The van der Waals surface area contributed by atoms with Gasteiger partial charge in [-0.2, -0.15) is 0 Å². The molecule has 6 heteroatoms. The van der Waals surface area contributed by atoms with Crippen molar-refractivity contribution < 1.29 is 14.6 Å². The summed E-state index contributed by atoms with van der Waals surface area (Å²) in [5.74, 6) is 0. The number of urea groups is 1. The Bertz CT molecular complexity index is 821. The molecule has 0 spiro atoms. The van der Waals surface area contributed by atoms with E-state index in [0.29, 0.717) is 19.7 Å². The molecule has 3 N–H and O–H groups in total. The lowest BCUT2D eigenvalue weighted by Gasteiger charge is -2.34. The smallest absolute Gasteiger partial charge is 0.315 e. The predicted molar refractivity (Wildman–Crippen MR) is 120 cm³/mol. The zero-order valence-electron chi connectivity index (χ0n) is 18.4. The van der Waals surface area contributed by atoms with E-state index in [1.807, 2.05) is 39.0 Å². The van der Waals surface area contributed by atoms with Gasteiger partial charge in [0.05, 0.1) is 18.3 Å². The Labute approximate surface area is 179 Å². The van der Waals surface area contributed by atoms with Crippen LogP contribution in [0.4, 0.5) is 4.79 Å². The topological polar surface area (TPSA) is 73.8 Å². The number of piperidine rings is 1. The minimum absolute atomic E-state index is 0.125. The molecule has 30 heavy (non-hydrogen) atoms. The van der Waals surface area contributed by atoms with Gasteiger partial charge in [-0.05, 0) is 49.9 Å². The first-order valence-corrected chi connectivity index (χ1v) is 10.9. The molecule has 3 rings (SSSR count). The normalized spacial score (nSPS) is 17.1. The third-order valence-corrected chi connectivity index (χ3v) is 5.42. The number of amides is 2. The molecule has 2 aromatic rings. The lowest BCUT2D eigenvalue weighted by Crippen LogP contribution is -2.49. The monoisotopic (exact) mass is 413 g/mol. The standard InChI is InChI=1S/C24H35N3O3/c1-24(2,3)30-17-21(28)16-27-13-11-20(12-14-27)26-23(29)25-15-19-9-6-8-18-7-4-5-10-22(18)19/h4-10,20-21,28H,11-17H2,1-3H3,(H2,25,26,29)/t21-/m0/s1. The summed E-state index contributed by atoms with van der Waals surface area (Å²) < 4.78 is 5.65. The van der Waals surface area contributed by atoms with Gasteiger partial charge >= 0.3 is 6.03 Å². The third kappa shape index (κ3) is 6.97. The van der Waals surface area contributed by atoms with E-state index in [2.05, 4.69) is 39.8 Å². The van der Waals surface area contributed by atoms with E-state index in [4.69, 9.17) is 4.74 Å². The summed E-state index contributed by atoms with van der Waals surface area (Å²) >= 11 is 0. The van der Waals surface area contributed by atoms with Crippen LogP contribution >= 0.6 is 0 Å². The van der Waals surface area contributed by atoms with E-state index in [1.54, 1.807) is 0 Å². The van der Waals surface area contributed by atoms with Crippen molar-refractivity contribution in [1.82, 2.24) is 15.5 Å². The summed E-state index contributed by atoms with van der Waals surface area (Å²) in [6, 6.07) is 14.4.